The van der Waals surface area contributed by atoms with Crippen LogP contribution in [0.4, 0.5) is 11.8 Å². The molecule has 172 valence electrons. The Labute approximate surface area is 197 Å². The normalized spacial score (nSPS) is 18.0. The third kappa shape index (κ3) is 6.13. The fourth-order valence-electron chi connectivity index (χ4n) is 4.04. The number of fused-ring (bicyclic) bond motifs is 1. The van der Waals surface area contributed by atoms with E-state index in [9.17, 15) is 4.79 Å². The Balaban J connectivity index is 1.56. The number of thioether (sulfide) groups is 1. The van der Waals surface area contributed by atoms with Gasteiger partial charge in [-0.1, -0.05) is 42.7 Å². The van der Waals surface area contributed by atoms with Crippen molar-refractivity contribution >= 4 is 46.3 Å². The zero-order chi connectivity index (χ0) is 23.2. The first-order valence-corrected chi connectivity index (χ1v) is 12.1. The molecule has 1 fully saturated rings. The Morgan fingerprint density at radius 1 is 1.12 bits per heavy atom. The van der Waals surface area contributed by atoms with Gasteiger partial charge in [0, 0.05) is 10.3 Å². The summed E-state index contributed by atoms with van der Waals surface area (Å²) >= 11 is 1.47. The predicted molar refractivity (Wildman–Crippen MR) is 136 cm³/mol. The van der Waals surface area contributed by atoms with Crippen molar-refractivity contribution in [3.63, 3.8) is 0 Å². The smallest absolute Gasteiger partial charge is 0.237 e. The molecule has 3 aromatic rings. The van der Waals surface area contributed by atoms with Gasteiger partial charge in [0.2, 0.25) is 11.9 Å². The minimum Gasteiger partial charge on any atom is -0.370 e. The average Bonchev–Trinajstić information content (AvgIpc) is 2.80. The number of nitrogens with one attached hydrogen (secondary N) is 2. The molecule has 0 saturated heterocycles. The number of anilines is 2. The summed E-state index contributed by atoms with van der Waals surface area (Å²) < 4.78 is 0. The Morgan fingerprint density at radius 2 is 1.91 bits per heavy atom. The Hall–Kier alpha value is -3.33. The van der Waals surface area contributed by atoms with Crippen LogP contribution in [0.3, 0.4) is 0 Å². The highest BCUT2D eigenvalue weighted by Crippen LogP contribution is 2.29. The van der Waals surface area contributed by atoms with Gasteiger partial charge in [0.15, 0.2) is 5.96 Å². The number of benzene rings is 2. The van der Waals surface area contributed by atoms with Gasteiger partial charge in [0.1, 0.15) is 5.82 Å². The van der Waals surface area contributed by atoms with Crippen LogP contribution in [0.15, 0.2) is 58.4 Å². The van der Waals surface area contributed by atoms with Crippen LogP contribution >= 0.6 is 11.8 Å². The molecule has 9 heteroatoms. The Morgan fingerprint density at radius 3 is 2.70 bits per heavy atom. The molecule has 0 spiro atoms. The lowest BCUT2D eigenvalue weighted by atomic mass is 9.90. The monoisotopic (exact) mass is 463 g/mol. The van der Waals surface area contributed by atoms with Gasteiger partial charge in [-0.3, -0.25) is 10.1 Å². The number of aromatic nitrogens is 2. The molecule has 2 aromatic carbocycles. The lowest BCUT2D eigenvalue weighted by Gasteiger charge is -2.30. The average molecular weight is 464 g/mol. The third-order valence-electron chi connectivity index (χ3n) is 5.58. The van der Waals surface area contributed by atoms with E-state index in [1.165, 1.54) is 11.8 Å². The topological polar surface area (TPSA) is 131 Å². The molecule has 4 rings (SSSR count). The molecule has 1 aliphatic rings. The van der Waals surface area contributed by atoms with Crippen LogP contribution in [0.5, 0.6) is 0 Å². The SMILES string of the molecule is Cc1ccc2nc(NC(=O)CSc3ccccc3)nc(NC3CCCCC3N=C(N)N)c2c1. The molecule has 0 radical (unpaired) electrons. The minimum absolute atomic E-state index is 0.0149. The van der Waals surface area contributed by atoms with E-state index in [-0.39, 0.29) is 35.7 Å². The number of nitrogens with zero attached hydrogens (tertiary/aromatic N) is 3. The molecule has 0 bridgehead atoms. The number of carbonyl (C=O) groups excluding carboxylic acids is 1. The second-order valence-corrected chi connectivity index (χ2v) is 9.27. The number of hydrogen-bond donors (Lipinski definition) is 4. The van der Waals surface area contributed by atoms with Gasteiger partial charge in [-0.05, 0) is 44.0 Å². The van der Waals surface area contributed by atoms with Crippen molar-refractivity contribution in [1.29, 1.82) is 0 Å². The van der Waals surface area contributed by atoms with Crippen molar-refractivity contribution in [2.24, 2.45) is 16.5 Å². The molecule has 1 heterocycles. The number of aliphatic imine (C=N–C) groups is 1. The number of carbonyl (C=O) groups is 1. The third-order valence-corrected chi connectivity index (χ3v) is 6.59. The zero-order valence-corrected chi connectivity index (χ0v) is 19.4. The number of aryl methyl sites for hydroxylation is 1. The van der Waals surface area contributed by atoms with Gasteiger partial charge in [0.05, 0.1) is 23.4 Å². The van der Waals surface area contributed by atoms with Crippen molar-refractivity contribution in [3.05, 3.63) is 54.1 Å². The van der Waals surface area contributed by atoms with Crippen molar-refractivity contribution in [2.45, 2.75) is 49.6 Å². The van der Waals surface area contributed by atoms with Crippen molar-refractivity contribution < 1.29 is 4.79 Å². The lowest BCUT2D eigenvalue weighted by molar-refractivity contribution is -0.113. The highest BCUT2D eigenvalue weighted by molar-refractivity contribution is 8.00. The van der Waals surface area contributed by atoms with Crippen molar-refractivity contribution in [3.8, 4) is 0 Å². The first kappa shape index (κ1) is 22.8. The molecule has 8 nitrogen and oxygen atoms in total. The van der Waals surface area contributed by atoms with Gasteiger partial charge < -0.3 is 16.8 Å². The highest BCUT2D eigenvalue weighted by Gasteiger charge is 2.26. The highest BCUT2D eigenvalue weighted by atomic mass is 32.2. The van der Waals surface area contributed by atoms with Crippen LogP contribution in [0.2, 0.25) is 0 Å². The maximum atomic E-state index is 12.6. The van der Waals surface area contributed by atoms with Crippen LogP contribution in [-0.4, -0.2) is 39.7 Å². The Bertz CT molecular complexity index is 1150. The summed E-state index contributed by atoms with van der Waals surface area (Å²) in [6.07, 6.45) is 4.03. The number of amides is 1. The molecule has 2 unspecified atom stereocenters. The first-order chi connectivity index (χ1) is 16.0. The second-order valence-electron chi connectivity index (χ2n) is 8.22. The summed E-state index contributed by atoms with van der Waals surface area (Å²) in [5.74, 6) is 1.18. The molecule has 0 aliphatic heterocycles. The van der Waals surface area contributed by atoms with E-state index in [2.05, 4.69) is 25.6 Å². The van der Waals surface area contributed by atoms with E-state index in [0.717, 1.165) is 47.0 Å². The first-order valence-electron chi connectivity index (χ1n) is 11.1. The maximum Gasteiger partial charge on any atom is 0.237 e. The van der Waals surface area contributed by atoms with Crippen LogP contribution in [0, 0.1) is 6.92 Å². The van der Waals surface area contributed by atoms with Crippen molar-refractivity contribution in [2.75, 3.05) is 16.4 Å². The van der Waals surface area contributed by atoms with E-state index < -0.39 is 0 Å². The number of rotatable bonds is 7. The molecule has 1 amide bonds. The van der Waals surface area contributed by atoms with Gasteiger partial charge in [-0.2, -0.15) is 4.98 Å². The van der Waals surface area contributed by atoms with Crippen LogP contribution in [0.1, 0.15) is 31.2 Å². The van der Waals surface area contributed by atoms with Crippen LogP contribution in [0.25, 0.3) is 10.9 Å². The van der Waals surface area contributed by atoms with Crippen LogP contribution < -0.4 is 22.1 Å². The molecule has 1 aromatic heterocycles. The number of nitrogens with two attached hydrogens (primary N) is 2. The summed E-state index contributed by atoms with van der Waals surface area (Å²) in [5.41, 5.74) is 13.2. The predicted octanol–water partition coefficient (Wildman–Crippen LogP) is 3.67. The minimum atomic E-state index is -0.155. The van der Waals surface area contributed by atoms with E-state index >= 15 is 0 Å². The van der Waals surface area contributed by atoms with E-state index in [4.69, 9.17) is 11.5 Å². The van der Waals surface area contributed by atoms with Crippen LogP contribution in [-0.2, 0) is 4.79 Å². The fourth-order valence-corrected chi connectivity index (χ4v) is 4.76. The van der Waals surface area contributed by atoms with Crippen molar-refractivity contribution in [1.82, 2.24) is 9.97 Å². The standard InChI is InChI=1S/C24H29N7OS/c1-15-11-12-18-17(13-15)22(27-19-9-5-6-10-20(19)28-23(25)26)31-24(29-18)30-21(32)14-33-16-7-3-2-4-8-16/h2-4,7-8,11-13,19-20H,5-6,9-10,14H2,1H3,(H4,25,26,28)(H2,27,29,30,31,32). The van der Waals surface area contributed by atoms with Gasteiger partial charge in [-0.25, -0.2) is 9.98 Å². The molecule has 6 N–H and O–H groups in total. The number of guanidine groups is 1. The fraction of sp³-hybridized carbons (Fsp3) is 0.333. The maximum absolute atomic E-state index is 12.6. The summed E-state index contributed by atoms with van der Waals surface area (Å²) in [4.78, 5) is 27.3. The molecule has 2 atom stereocenters. The van der Waals surface area contributed by atoms with E-state index in [1.54, 1.807) is 0 Å². The van der Waals surface area contributed by atoms with Gasteiger partial charge in [-0.15, -0.1) is 11.8 Å². The second kappa shape index (κ2) is 10.5. The molecule has 1 aliphatic carbocycles. The summed E-state index contributed by atoms with van der Waals surface area (Å²) in [7, 11) is 0. The van der Waals surface area contributed by atoms with E-state index in [0.29, 0.717) is 5.82 Å². The summed E-state index contributed by atoms with van der Waals surface area (Å²) in [6, 6.07) is 15.8. The lowest BCUT2D eigenvalue weighted by Crippen LogP contribution is -2.38. The Kier molecular flexibility index (Phi) is 7.29. The molecular formula is C24H29N7OS. The quantitative estimate of drug-likeness (QED) is 0.239. The zero-order valence-electron chi connectivity index (χ0n) is 18.6. The molecule has 1 saturated carbocycles. The van der Waals surface area contributed by atoms with Gasteiger partial charge >= 0.3 is 0 Å². The van der Waals surface area contributed by atoms with Gasteiger partial charge in [0.25, 0.3) is 0 Å². The largest absolute Gasteiger partial charge is 0.370 e. The van der Waals surface area contributed by atoms with E-state index in [1.807, 2.05) is 55.5 Å². The summed E-state index contributed by atoms with van der Waals surface area (Å²) in [6.45, 7) is 2.03. The number of hydrogen-bond acceptors (Lipinski definition) is 6. The molecular weight excluding hydrogens is 434 g/mol. The summed E-state index contributed by atoms with van der Waals surface area (Å²) in [5, 5.41) is 7.31. The molecule has 33 heavy (non-hydrogen) atoms.